The maximum Gasteiger partial charge on any atom is 0.0720 e. The maximum absolute atomic E-state index is 5.95. The highest BCUT2D eigenvalue weighted by Gasteiger charge is 2.29. The molecule has 1 atom stereocenters. The number of ether oxygens (including phenoxy) is 1. The predicted molar refractivity (Wildman–Crippen MR) is 88.4 cm³/mol. The van der Waals surface area contributed by atoms with Crippen LogP contribution in [0.2, 0.25) is 0 Å². The van der Waals surface area contributed by atoms with E-state index in [2.05, 4.69) is 55.4 Å². The number of nitrogens with one attached hydrogen (secondary N) is 1. The Morgan fingerprint density at radius 1 is 1.29 bits per heavy atom. The van der Waals surface area contributed by atoms with E-state index < -0.39 is 0 Å². The van der Waals surface area contributed by atoms with Crippen molar-refractivity contribution in [1.82, 2.24) is 10.2 Å². The molecule has 1 aromatic carbocycles. The Morgan fingerprint density at radius 3 is 2.67 bits per heavy atom. The van der Waals surface area contributed by atoms with Crippen LogP contribution in [0.15, 0.2) is 30.3 Å². The number of hydrogen-bond acceptors (Lipinski definition) is 3. The quantitative estimate of drug-likeness (QED) is 0.757. The fourth-order valence-corrected chi connectivity index (χ4v) is 2.79. The summed E-state index contributed by atoms with van der Waals surface area (Å²) < 4.78 is 5.95. The summed E-state index contributed by atoms with van der Waals surface area (Å²) in [5, 5.41) is 3.65. The highest BCUT2D eigenvalue weighted by atomic mass is 16.5. The Bertz CT molecular complexity index is 389. The molecule has 1 aromatic rings. The van der Waals surface area contributed by atoms with Gasteiger partial charge in [0.05, 0.1) is 12.7 Å². The monoisotopic (exact) mass is 290 g/mol. The second kappa shape index (κ2) is 8.52. The molecule has 1 fully saturated rings. The lowest BCUT2D eigenvalue weighted by atomic mass is 9.82. The molecule has 0 heterocycles. The molecule has 0 aromatic heterocycles. The Balaban J connectivity index is 1.53. The van der Waals surface area contributed by atoms with Gasteiger partial charge in [0.15, 0.2) is 0 Å². The zero-order valence-electron chi connectivity index (χ0n) is 13.7. The molecule has 1 aliphatic rings. The molecule has 1 saturated carbocycles. The molecule has 0 aliphatic heterocycles. The van der Waals surface area contributed by atoms with Crippen molar-refractivity contribution in [2.75, 3.05) is 26.7 Å². The zero-order chi connectivity index (χ0) is 15.1. The Labute approximate surface area is 129 Å². The highest BCUT2D eigenvalue weighted by Crippen LogP contribution is 2.30. The first-order chi connectivity index (χ1) is 10.2. The van der Waals surface area contributed by atoms with E-state index in [0.717, 1.165) is 32.2 Å². The number of benzene rings is 1. The second-order valence-corrected chi connectivity index (χ2v) is 6.42. The van der Waals surface area contributed by atoms with Gasteiger partial charge in [-0.1, -0.05) is 37.3 Å². The van der Waals surface area contributed by atoms with Gasteiger partial charge < -0.3 is 15.0 Å². The summed E-state index contributed by atoms with van der Waals surface area (Å²) in [5.41, 5.74) is 1.27. The Hall–Kier alpha value is -0.900. The van der Waals surface area contributed by atoms with Crippen molar-refractivity contribution < 1.29 is 4.74 Å². The van der Waals surface area contributed by atoms with Gasteiger partial charge in [0.25, 0.3) is 0 Å². The number of likely N-dealkylation sites (N-methyl/N-ethyl adjacent to an activating group) is 1. The van der Waals surface area contributed by atoms with Gasteiger partial charge in [-0.2, -0.15) is 0 Å². The van der Waals surface area contributed by atoms with Crippen LogP contribution in [0, 0.1) is 5.92 Å². The first kappa shape index (κ1) is 16.5. The number of rotatable bonds is 9. The molecule has 21 heavy (non-hydrogen) atoms. The molecule has 1 unspecified atom stereocenters. The second-order valence-electron chi connectivity index (χ2n) is 6.42. The van der Waals surface area contributed by atoms with Gasteiger partial charge in [-0.3, -0.25) is 0 Å². The minimum absolute atomic E-state index is 0.464. The van der Waals surface area contributed by atoms with E-state index in [1.165, 1.54) is 18.4 Å². The summed E-state index contributed by atoms with van der Waals surface area (Å²) in [6, 6.07) is 11.0. The lowest BCUT2D eigenvalue weighted by molar-refractivity contribution is -0.0400. The summed E-state index contributed by atoms with van der Waals surface area (Å²) >= 11 is 0. The van der Waals surface area contributed by atoms with Gasteiger partial charge in [0.1, 0.15) is 0 Å². The Morgan fingerprint density at radius 2 is 2.00 bits per heavy atom. The van der Waals surface area contributed by atoms with E-state index in [-0.39, 0.29) is 0 Å². The minimum atomic E-state index is 0.464. The molecular formula is C18H30N2O. The van der Waals surface area contributed by atoms with Crippen molar-refractivity contribution in [2.24, 2.45) is 5.92 Å². The van der Waals surface area contributed by atoms with Gasteiger partial charge >= 0.3 is 0 Å². The van der Waals surface area contributed by atoms with E-state index in [1.54, 1.807) is 0 Å². The van der Waals surface area contributed by atoms with Crippen LogP contribution in [-0.4, -0.2) is 43.7 Å². The van der Waals surface area contributed by atoms with Gasteiger partial charge in [-0.25, -0.2) is 0 Å². The average molecular weight is 290 g/mol. The first-order valence-electron chi connectivity index (χ1n) is 8.24. The predicted octanol–water partition coefficient (Wildman–Crippen LogP) is 2.91. The smallest absolute Gasteiger partial charge is 0.0720 e. The molecule has 0 saturated heterocycles. The van der Waals surface area contributed by atoms with Crippen molar-refractivity contribution in [2.45, 2.75) is 45.4 Å². The highest BCUT2D eigenvalue weighted by molar-refractivity contribution is 5.13. The van der Waals surface area contributed by atoms with Crippen molar-refractivity contribution >= 4 is 0 Å². The fourth-order valence-electron chi connectivity index (χ4n) is 2.79. The topological polar surface area (TPSA) is 24.5 Å². The third kappa shape index (κ3) is 5.77. The lowest BCUT2D eigenvalue weighted by Crippen LogP contribution is -2.43. The Kier molecular flexibility index (Phi) is 6.68. The molecule has 1 N–H and O–H groups in total. The van der Waals surface area contributed by atoms with Crippen LogP contribution in [0.5, 0.6) is 0 Å². The zero-order valence-corrected chi connectivity index (χ0v) is 13.7. The molecule has 118 valence electrons. The van der Waals surface area contributed by atoms with Crippen LogP contribution in [0.1, 0.15) is 32.3 Å². The van der Waals surface area contributed by atoms with Crippen LogP contribution in [0.3, 0.4) is 0 Å². The van der Waals surface area contributed by atoms with E-state index in [1.807, 2.05) is 6.07 Å². The number of nitrogens with zero attached hydrogens (tertiary/aromatic N) is 1. The SMILES string of the molecule is CCN(C)CC(C)NCC1CC(OCc2ccccc2)C1. The van der Waals surface area contributed by atoms with E-state index in [0.29, 0.717) is 12.1 Å². The molecule has 0 amide bonds. The van der Waals surface area contributed by atoms with Crippen molar-refractivity contribution in [3.05, 3.63) is 35.9 Å². The van der Waals surface area contributed by atoms with Gasteiger partial charge in [-0.15, -0.1) is 0 Å². The van der Waals surface area contributed by atoms with E-state index in [9.17, 15) is 0 Å². The van der Waals surface area contributed by atoms with Gasteiger partial charge in [-0.05, 0) is 51.4 Å². The third-order valence-corrected chi connectivity index (χ3v) is 4.40. The van der Waals surface area contributed by atoms with Crippen LogP contribution < -0.4 is 5.32 Å². The third-order valence-electron chi connectivity index (χ3n) is 4.40. The molecule has 0 radical (unpaired) electrons. The van der Waals surface area contributed by atoms with Crippen LogP contribution in [0.25, 0.3) is 0 Å². The summed E-state index contributed by atoms with van der Waals surface area (Å²) in [6.07, 6.45) is 2.87. The fraction of sp³-hybridized carbons (Fsp3) is 0.667. The average Bonchev–Trinajstić information content (AvgIpc) is 2.46. The first-order valence-corrected chi connectivity index (χ1v) is 8.24. The largest absolute Gasteiger partial charge is 0.374 e. The van der Waals surface area contributed by atoms with Crippen LogP contribution >= 0.6 is 0 Å². The van der Waals surface area contributed by atoms with Crippen molar-refractivity contribution in [3.63, 3.8) is 0 Å². The van der Waals surface area contributed by atoms with E-state index >= 15 is 0 Å². The summed E-state index contributed by atoms with van der Waals surface area (Å²) in [6.45, 7) is 8.59. The van der Waals surface area contributed by atoms with Gasteiger partial charge in [0, 0.05) is 12.6 Å². The number of hydrogen-bond donors (Lipinski definition) is 1. The standard InChI is InChI=1S/C18H30N2O/c1-4-20(3)13-15(2)19-12-17-10-18(11-17)21-14-16-8-6-5-7-9-16/h5-9,15,17-19H,4,10-14H2,1-3H3. The van der Waals surface area contributed by atoms with Crippen LogP contribution in [-0.2, 0) is 11.3 Å². The summed E-state index contributed by atoms with van der Waals surface area (Å²) in [4.78, 5) is 2.35. The van der Waals surface area contributed by atoms with Crippen molar-refractivity contribution in [1.29, 1.82) is 0 Å². The molecular weight excluding hydrogens is 260 g/mol. The van der Waals surface area contributed by atoms with Gasteiger partial charge in [0.2, 0.25) is 0 Å². The van der Waals surface area contributed by atoms with Crippen LogP contribution in [0.4, 0.5) is 0 Å². The summed E-state index contributed by atoms with van der Waals surface area (Å²) in [7, 11) is 2.18. The molecule has 2 rings (SSSR count). The molecule has 3 nitrogen and oxygen atoms in total. The molecule has 0 spiro atoms. The molecule has 0 bridgehead atoms. The van der Waals surface area contributed by atoms with Crippen molar-refractivity contribution in [3.8, 4) is 0 Å². The van der Waals surface area contributed by atoms with E-state index in [4.69, 9.17) is 4.74 Å². The maximum atomic E-state index is 5.95. The molecule has 1 aliphatic carbocycles. The summed E-state index contributed by atoms with van der Waals surface area (Å²) in [5.74, 6) is 0.792. The minimum Gasteiger partial charge on any atom is -0.374 e. The lowest BCUT2D eigenvalue weighted by Gasteiger charge is -2.36. The normalized spacial score (nSPS) is 23.0. The molecule has 3 heteroatoms.